The fraction of sp³-hybridized carbons (Fsp3) is 0.533. The largest absolute Gasteiger partial charge is 0.484 e. The Morgan fingerprint density at radius 1 is 1.26 bits per heavy atom. The molecule has 0 heterocycles. The van der Waals surface area contributed by atoms with Gasteiger partial charge in [0.15, 0.2) is 6.61 Å². The highest BCUT2D eigenvalue weighted by Crippen LogP contribution is 2.20. The second kappa shape index (κ2) is 8.61. The highest BCUT2D eigenvalue weighted by atomic mass is 19.4. The van der Waals surface area contributed by atoms with Gasteiger partial charge in [-0.1, -0.05) is 13.8 Å². The maximum Gasteiger partial charge on any atom is 0.422 e. The molecule has 8 heteroatoms. The van der Waals surface area contributed by atoms with Gasteiger partial charge in [0, 0.05) is 12.2 Å². The minimum Gasteiger partial charge on any atom is -0.484 e. The summed E-state index contributed by atoms with van der Waals surface area (Å²) in [5, 5.41) is 14.7. The van der Waals surface area contributed by atoms with Gasteiger partial charge in [-0.15, -0.1) is 0 Å². The van der Waals surface area contributed by atoms with E-state index >= 15 is 0 Å². The van der Waals surface area contributed by atoms with Crippen molar-refractivity contribution in [2.24, 2.45) is 5.92 Å². The van der Waals surface area contributed by atoms with Crippen molar-refractivity contribution in [1.29, 1.82) is 0 Å². The van der Waals surface area contributed by atoms with E-state index in [1.165, 1.54) is 24.3 Å². The SMILES string of the molecule is CC(C)C(O)CCNC(=O)Nc1ccc(OCC(F)(F)F)cc1. The number of aliphatic hydroxyl groups is 1. The number of alkyl halides is 3. The highest BCUT2D eigenvalue weighted by Gasteiger charge is 2.28. The number of anilines is 1. The number of nitrogens with one attached hydrogen (secondary N) is 2. The van der Waals surface area contributed by atoms with Gasteiger partial charge in [-0.2, -0.15) is 13.2 Å². The lowest BCUT2D eigenvalue weighted by Gasteiger charge is -2.15. The van der Waals surface area contributed by atoms with E-state index in [1.54, 1.807) is 0 Å². The van der Waals surface area contributed by atoms with Crippen molar-refractivity contribution in [3.05, 3.63) is 24.3 Å². The summed E-state index contributed by atoms with van der Waals surface area (Å²) in [7, 11) is 0. The fourth-order valence-electron chi connectivity index (χ4n) is 1.64. The van der Waals surface area contributed by atoms with Gasteiger partial charge in [-0.3, -0.25) is 0 Å². The third kappa shape index (κ3) is 8.29. The molecule has 0 radical (unpaired) electrons. The fourth-order valence-corrected chi connectivity index (χ4v) is 1.64. The predicted octanol–water partition coefficient (Wildman–Crippen LogP) is 3.16. The normalized spacial score (nSPS) is 12.8. The molecule has 0 aromatic heterocycles. The molecule has 5 nitrogen and oxygen atoms in total. The first-order chi connectivity index (χ1) is 10.7. The summed E-state index contributed by atoms with van der Waals surface area (Å²) in [6.45, 7) is 2.72. The van der Waals surface area contributed by atoms with Crippen LogP contribution in [0.25, 0.3) is 0 Å². The second-order valence-corrected chi connectivity index (χ2v) is 5.41. The summed E-state index contributed by atoms with van der Waals surface area (Å²) in [6, 6.07) is 5.10. The summed E-state index contributed by atoms with van der Waals surface area (Å²) >= 11 is 0. The van der Waals surface area contributed by atoms with Gasteiger partial charge in [0.25, 0.3) is 0 Å². The smallest absolute Gasteiger partial charge is 0.422 e. The lowest BCUT2D eigenvalue weighted by molar-refractivity contribution is -0.153. The van der Waals surface area contributed by atoms with Gasteiger partial charge < -0.3 is 20.5 Å². The van der Waals surface area contributed by atoms with Crippen molar-refractivity contribution >= 4 is 11.7 Å². The second-order valence-electron chi connectivity index (χ2n) is 5.41. The van der Waals surface area contributed by atoms with E-state index in [4.69, 9.17) is 0 Å². The van der Waals surface area contributed by atoms with E-state index in [2.05, 4.69) is 15.4 Å². The van der Waals surface area contributed by atoms with E-state index in [0.717, 1.165) is 0 Å². The predicted molar refractivity (Wildman–Crippen MR) is 80.5 cm³/mol. The van der Waals surface area contributed by atoms with Crippen LogP contribution in [0.3, 0.4) is 0 Å². The van der Waals surface area contributed by atoms with Crippen LogP contribution in [0.2, 0.25) is 0 Å². The lowest BCUT2D eigenvalue weighted by Crippen LogP contribution is -2.32. The number of benzene rings is 1. The molecule has 0 fully saturated rings. The van der Waals surface area contributed by atoms with E-state index in [1.807, 2.05) is 13.8 Å². The highest BCUT2D eigenvalue weighted by molar-refractivity contribution is 5.89. The first-order valence-corrected chi connectivity index (χ1v) is 7.20. The number of ether oxygens (including phenoxy) is 1. The van der Waals surface area contributed by atoms with Crippen molar-refractivity contribution in [3.63, 3.8) is 0 Å². The summed E-state index contributed by atoms with van der Waals surface area (Å²) in [6.07, 6.45) is -4.44. The number of urea groups is 1. The van der Waals surface area contributed by atoms with Crippen molar-refractivity contribution in [3.8, 4) is 5.75 Å². The maximum atomic E-state index is 12.0. The third-order valence-corrected chi connectivity index (χ3v) is 3.01. The number of halogens is 3. The number of carbonyl (C=O) groups excluding carboxylic acids is 1. The molecule has 0 bridgehead atoms. The Balaban J connectivity index is 2.35. The summed E-state index contributed by atoms with van der Waals surface area (Å²) in [4.78, 5) is 11.6. The van der Waals surface area contributed by atoms with Gasteiger partial charge in [0.2, 0.25) is 0 Å². The van der Waals surface area contributed by atoms with E-state index in [9.17, 15) is 23.1 Å². The molecule has 0 saturated carbocycles. The van der Waals surface area contributed by atoms with Crippen LogP contribution < -0.4 is 15.4 Å². The molecule has 0 spiro atoms. The minimum atomic E-state index is -4.39. The van der Waals surface area contributed by atoms with Crippen LogP contribution >= 0.6 is 0 Å². The Morgan fingerprint density at radius 2 is 1.87 bits per heavy atom. The molecule has 1 atom stereocenters. The Labute approximate surface area is 132 Å². The first kappa shape index (κ1) is 19.1. The standard InChI is InChI=1S/C15H21F3N2O3/c1-10(2)13(21)7-8-19-14(22)20-11-3-5-12(6-4-11)23-9-15(16,17)18/h3-6,10,13,21H,7-9H2,1-2H3,(H2,19,20,22). The van der Waals surface area contributed by atoms with Gasteiger partial charge in [-0.25, -0.2) is 4.79 Å². The average Bonchev–Trinajstić information content (AvgIpc) is 2.45. The Morgan fingerprint density at radius 3 is 2.39 bits per heavy atom. The molecule has 1 unspecified atom stereocenters. The van der Waals surface area contributed by atoms with Crippen molar-refractivity contribution < 1.29 is 27.8 Å². The number of amides is 2. The molecule has 23 heavy (non-hydrogen) atoms. The molecule has 2 amide bonds. The molecular formula is C15H21F3N2O3. The Kier molecular flexibility index (Phi) is 7.15. The molecule has 3 N–H and O–H groups in total. The van der Waals surface area contributed by atoms with Crippen molar-refractivity contribution in [2.75, 3.05) is 18.5 Å². The molecular weight excluding hydrogens is 313 g/mol. The molecule has 0 aliphatic heterocycles. The van der Waals surface area contributed by atoms with Crippen LogP contribution in [0, 0.1) is 5.92 Å². The van der Waals surface area contributed by atoms with Gasteiger partial charge >= 0.3 is 12.2 Å². The quantitative estimate of drug-likeness (QED) is 0.717. The topological polar surface area (TPSA) is 70.6 Å². The van der Waals surface area contributed by atoms with Crippen LogP contribution in [0.5, 0.6) is 5.75 Å². The number of rotatable bonds is 7. The molecule has 130 valence electrons. The van der Waals surface area contributed by atoms with Crippen LogP contribution in [-0.2, 0) is 0 Å². The van der Waals surface area contributed by atoms with E-state index < -0.39 is 24.9 Å². The molecule has 0 aliphatic carbocycles. The molecule has 0 saturated heterocycles. The summed E-state index contributed by atoms with van der Waals surface area (Å²) in [5.41, 5.74) is 0.422. The van der Waals surface area contributed by atoms with Crippen molar-refractivity contribution in [1.82, 2.24) is 5.32 Å². The van der Waals surface area contributed by atoms with E-state index in [0.29, 0.717) is 18.7 Å². The molecule has 1 aromatic rings. The summed E-state index contributed by atoms with van der Waals surface area (Å²) < 4.78 is 40.6. The zero-order chi connectivity index (χ0) is 17.5. The zero-order valence-electron chi connectivity index (χ0n) is 13.0. The van der Waals surface area contributed by atoms with Gasteiger partial charge in [-0.05, 0) is 36.6 Å². The van der Waals surface area contributed by atoms with Gasteiger partial charge in [0.05, 0.1) is 6.10 Å². The molecule has 1 rings (SSSR count). The molecule has 1 aromatic carbocycles. The monoisotopic (exact) mass is 334 g/mol. The van der Waals surface area contributed by atoms with E-state index in [-0.39, 0.29) is 11.7 Å². The number of hydrogen-bond acceptors (Lipinski definition) is 3. The zero-order valence-corrected chi connectivity index (χ0v) is 13.0. The Hall–Kier alpha value is -1.96. The van der Waals surface area contributed by atoms with Crippen LogP contribution in [0.15, 0.2) is 24.3 Å². The van der Waals surface area contributed by atoms with Crippen molar-refractivity contribution in [2.45, 2.75) is 32.5 Å². The Bertz CT molecular complexity index is 490. The van der Waals surface area contributed by atoms with Gasteiger partial charge in [0.1, 0.15) is 5.75 Å². The third-order valence-electron chi connectivity index (χ3n) is 3.01. The summed E-state index contributed by atoms with van der Waals surface area (Å²) in [5.74, 6) is 0.178. The number of carbonyl (C=O) groups is 1. The number of aliphatic hydroxyl groups excluding tert-OH is 1. The van der Waals surface area contributed by atoms with Crippen LogP contribution in [-0.4, -0.2) is 36.6 Å². The van der Waals surface area contributed by atoms with Crippen LogP contribution in [0.4, 0.5) is 23.7 Å². The lowest BCUT2D eigenvalue weighted by atomic mass is 10.0. The number of hydrogen-bond donors (Lipinski definition) is 3. The van der Waals surface area contributed by atoms with Crippen LogP contribution in [0.1, 0.15) is 20.3 Å². The average molecular weight is 334 g/mol. The first-order valence-electron chi connectivity index (χ1n) is 7.20. The molecule has 0 aliphatic rings. The maximum absolute atomic E-state index is 12.0. The minimum absolute atomic E-state index is 0.0633.